The van der Waals surface area contributed by atoms with Gasteiger partial charge in [0.25, 0.3) is 0 Å². The molecule has 2 aromatic heterocycles. The van der Waals surface area contributed by atoms with Gasteiger partial charge in [-0.3, -0.25) is 0 Å². The maximum atomic E-state index is 13.0. The standard InChI is InChI=1S/C20H25N3O3S/c1-12-5-6-18-17(11-12)13(2)19(21-18)16-7-9-23(10-8-16)27(24,25)20-14(3)22-26-15(20)4/h5-6,11,16,21H,7-10H2,1-4H3. The third-order valence-corrected chi connectivity index (χ3v) is 7.82. The van der Waals surface area contributed by atoms with Crippen LogP contribution in [0.25, 0.3) is 10.9 Å². The third kappa shape index (κ3) is 2.99. The van der Waals surface area contributed by atoms with E-state index in [-0.39, 0.29) is 4.90 Å². The van der Waals surface area contributed by atoms with E-state index in [0.717, 1.165) is 18.4 Å². The number of nitrogens with one attached hydrogen (secondary N) is 1. The maximum Gasteiger partial charge on any atom is 0.248 e. The lowest BCUT2D eigenvalue weighted by molar-refractivity contribution is 0.316. The number of aromatic nitrogens is 2. The molecule has 1 saturated heterocycles. The summed E-state index contributed by atoms with van der Waals surface area (Å²) in [6.07, 6.45) is 1.60. The minimum absolute atomic E-state index is 0.221. The molecule has 1 N–H and O–H groups in total. The number of piperidine rings is 1. The van der Waals surface area contributed by atoms with Crippen molar-refractivity contribution < 1.29 is 12.9 Å². The highest BCUT2D eigenvalue weighted by Crippen LogP contribution is 2.35. The first-order valence-corrected chi connectivity index (χ1v) is 10.7. The first kappa shape index (κ1) is 18.3. The highest BCUT2D eigenvalue weighted by atomic mass is 32.2. The smallest absolute Gasteiger partial charge is 0.248 e. The van der Waals surface area contributed by atoms with Crippen molar-refractivity contribution in [1.82, 2.24) is 14.4 Å². The van der Waals surface area contributed by atoms with Crippen molar-refractivity contribution in [1.29, 1.82) is 0 Å². The van der Waals surface area contributed by atoms with Gasteiger partial charge in [-0.15, -0.1) is 0 Å². The summed E-state index contributed by atoms with van der Waals surface area (Å²) in [7, 11) is -3.56. The molecule has 7 heteroatoms. The number of benzene rings is 1. The van der Waals surface area contributed by atoms with Gasteiger partial charge in [0.2, 0.25) is 10.0 Å². The van der Waals surface area contributed by atoms with Crippen LogP contribution in [0.5, 0.6) is 0 Å². The predicted octanol–water partition coefficient (Wildman–Crippen LogP) is 3.96. The molecular weight excluding hydrogens is 362 g/mol. The average molecular weight is 388 g/mol. The molecular formula is C20H25N3O3S. The first-order valence-electron chi connectivity index (χ1n) is 9.31. The van der Waals surface area contributed by atoms with E-state index in [2.05, 4.69) is 42.2 Å². The van der Waals surface area contributed by atoms with Crippen LogP contribution in [0.2, 0.25) is 0 Å². The van der Waals surface area contributed by atoms with E-state index in [1.165, 1.54) is 22.2 Å². The fraction of sp³-hybridized carbons (Fsp3) is 0.450. The molecule has 3 aromatic rings. The lowest BCUT2D eigenvalue weighted by Gasteiger charge is -2.31. The number of aromatic amines is 1. The summed E-state index contributed by atoms with van der Waals surface area (Å²) in [5.74, 6) is 0.699. The average Bonchev–Trinajstić information content (AvgIpc) is 3.15. The molecule has 0 spiro atoms. The van der Waals surface area contributed by atoms with Crippen LogP contribution in [0.4, 0.5) is 0 Å². The molecule has 1 aliphatic heterocycles. The second-order valence-electron chi connectivity index (χ2n) is 7.54. The van der Waals surface area contributed by atoms with Gasteiger partial charge in [0.15, 0.2) is 5.76 Å². The van der Waals surface area contributed by atoms with E-state index < -0.39 is 10.0 Å². The number of hydrogen-bond donors (Lipinski definition) is 1. The van der Waals surface area contributed by atoms with Gasteiger partial charge in [-0.25, -0.2) is 8.42 Å². The van der Waals surface area contributed by atoms with Crippen molar-refractivity contribution in [3.8, 4) is 0 Å². The van der Waals surface area contributed by atoms with Gasteiger partial charge in [0, 0.05) is 35.6 Å². The summed E-state index contributed by atoms with van der Waals surface area (Å²) in [6, 6.07) is 6.45. The fourth-order valence-corrected chi connectivity index (χ4v) is 5.99. The van der Waals surface area contributed by atoms with Crippen molar-refractivity contribution in [3.05, 3.63) is 46.5 Å². The Morgan fingerprint density at radius 3 is 2.48 bits per heavy atom. The van der Waals surface area contributed by atoms with Crippen molar-refractivity contribution in [2.45, 2.75) is 51.3 Å². The number of rotatable bonds is 3. The van der Waals surface area contributed by atoms with Crippen molar-refractivity contribution in [3.63, 3.8) is 0 Å². The normalized spacial score (nSPS) is 17.0. The number of fused-ring (bicyclic) bond motifs is 1. The Kier molecular flexibility index (Phi) is 4.39. The zero-order valence-corrected chi connectivity index (χ0v) is 17.0. The molecule has 0 amide bonds. The molecule has 27 heavy (non-hydrogen) atoms. The quantitative estimate of drug-likeness (QED) is 0.738. The van der Waals surface area contributed by atoms with Gasteiger partial charge in [-0.2, -0.15) is 4.31 Å². The Hall–Kier alpha value is -2.12. The topological polar surface area (TPSA) is 79.2 Å². The molecule has 1 aliphatic rings. The Morgan fingerprint density at radius 1 is 1.15 bits per heavy atom. The van der Waals surface area contributed by atoms with Crippen LogP contribution in [-0.2, 0) is 10.0 Å². The minimum Gasteiger partial charge on any atom is -0.360 e. The molecule has 0 saturated carbocycles. The minimum atomic E-state index is -3.56. The van der Waals surface area contributed by atoms with E-state index in [0.29, 0.717) is 30.5 Å². The van der Waals surface area contributed by atoms with Crippen LogP contribution >= 0.6 is 0 Å². The highest BCUT2D eigenvalue weighted by molar-refractivity contribution is 7.89. The molecule has 0 radical (unpaired) electrons. The van der Waals surface area contributed by atoms with E-state index in [4.69, 9.17) is 4.52 Å². The van der Waals surface area contributed by atoms with Gasteiger partial charge in [0.1, 0.15) is 10.6 Å². The summed E-state index contributed by atoms with van der Waals surface area (Å²) in [5, 5.41) is 5.06. The van der Waals surface area contributed by atoms with Crippen LogP contribution in [0.15, 0.2) is 27.6 Å². The lowest BCUT2D eigenvalue weighted by atomic mass is 9.92. The monoisotopic (exact) mass is 387 g/mol. The summed E-state index contributed by atoms with van der Waals surface area (Å²) in [6.45, 7) is 8.58. The highest BCUT2D eigenvalue weighted by Gasteiger charge is 2.34. The van der Waals surface area contributed by atoms with Crippen molar-refractivity contribution in [2.24, 2.45) is 0 Å². The van der Waals surface area contributed by atoms with Crippen LogP contribution in [0.3, 0.4) is 0 Å². The third-order valence-electron chi connectivity index (χ3n) is 5.68. The molecule has 1 aromatic carbocycles. The second kappa shape index (κ2) is 6.49. The number of nitrogens with zero attached hydrogens (tertiary/aromatic N) is 2. The van der Waals surface area contributed by atoms with E-state index in [1.807, 2.05) is 0 Å². The van der Waals surface area contributed by atoms with Crippen molar-refractivity contribution >= 4 is 20.9 Å². The summed E-state index contributed by atoms with van der Waals surface area (Å²) >= 11 is 0. The molecule has 1 fully saturated rings. The van der Waals surface area contributed by atoms with Gasteiger partial charge in [-0.1, -0.05) is 16.8 Å². The molecule has 4 rings (SSSR count). The molecule has 144 valence electrons. The Balaban J connectivity index is 1.57. The van der Waals surface area contributed by atoms with Gasteiger partial charge in [0.05, 0.1) is 0 Å². The summed E-state index contributed by atoms with van der Waals surface area (Å²) in [5.41, 5.74) is 5.34. The van der Waals surface area contributed by atoms with Crippen molar-refractivity contribution in [2.75, 3.05) is 13.1 Å². The number of hydrogen-bond acceptors (Lipinski definition) is 4. The van der Waals surface area contributed by atoms with Crippen LogP contribution in [0, 0.1) is 27.7 Å². The summed E-state index contributed by atoms with van der Waals surface area (Å²) in [4.78, 5) is 3.79. The van der Waals surface area contributed by atoms with Gasteiger partial charge >= 0.3 is 0 Å². The zero-order chi connectivity index (χ0) is 19.3. The maximum absolute atomic E-state index is 13.0. The Labute approximate surface area is 159 Å². The molecule has 0 unspecified atom stereocenters. The largest absolute Gasteiger partial charge is 0.360 e. The lowest BCUT2D eigenvalue weighted by Crippen LogP contribution is -2.38. The Bertz CT molecular complexity index is 1080. The van der Waals surface area contributed by atoms with E-state index in [9.17, 15) is 8.42 Å². The molecule has 0 bridgehead atoms. The number of sulfonamides is 1. The second-order valence-corrected chi connectivity index (χ2v) is 9.42. The zero-order valence-electron chi connectivity index (χ0n) is 16.2. The van der Waals surface area contributed by atoms with Gasteiger partial charge in [-0.05, 0) is 58.2 Å². The van der Waals surface area contributed by atoms with Crippen LogP contribution in [0.1, 0.15) is 47.0 Å². The fourth-order valence-electron chi connectivity index (χ4n) is 4.23. The predicted molar refractivity (Wildman–Crippen MR) is 104 cm³/mol. The number of H-pyrrole nitrogens is 1. The molecule has 3 heterocycles. The summed E-state index contributed by atoms with van der Waals surface area (Å²) < 4.78 is 32.6. The Morgan fingerprint density at radius 2 is 1.85 bits per heavy atom. The SMILES string of the molecule is Cc1ccc2[nH]c(C3CCN(S(=O)(=O)c4c(C)noc4C)CC3)c(C)c2c1. The molecule has 6 nitrogen and oxygen atoms in total. The molecule has 0 aliphatic carbocycles. The van der Waals surface area contributed by atoms with Crippen LogP contribution in [-0.4, -0.2) is 36.0 Å². The molecule has 0 atom stereocenters. The van der Waals surface area contributed by atoms with Gasteiger partial charge < -0.3 is 9.51 Å². The number of aryl methyl sites for hydroxylation is 4. The first-order chi connectivity index (χ1) is 12.8. The van der Waals surface area contributed by atoms with E-state index in [1.54, 1.807) is 18.2 Å². The van der Waals surface area contributed by atoms with Crippen LogP contribution < -0.4 is 0 Å². The van der Waals surface area contributed by atoms with E-state index >= 15 is 0 Å².